The fraction of sp³-hybridized carbons (Fsp3) is 0.383. The summed E-state index contributed by atoms with van der Waals surface area (Å²) in [6.07, 6.45) is 9.30. The van der Waals surface area contributed by atoms with E-state index in [1.54, 1.807) is 0 Å². The van der Waals surface area contributed by atoms with Gasteiger partial charge in [-0.05, 0) is 106 Å². The van der Waals surface area contributed by atoms with Crippen LogP contribution in [0.3, 0.4) is 0 Å². The highest BCUT2D eigenvalue weighted by Crippen LogP contribution is 2.50. The Bertz CT molecular complexity index is 1870. The molecule has 1 heterocycles. The molecular formula is C47H53N. The lowest BCUT2D eigenvalue weighted by Crippen LogP contribution is -2.28. The van der Waals surface area contributed by atoms with Gasteiger partial charge in [-0.3, -0.25) is 4.99 Å². The first-order valence-corrected chi connectivity index (χ1v) is 18.6. The van der Waals surface area contributed by atoms with Crippen LogP contribution in [0.2, 0.25) is 0 Å². The summed E-state index contributed by atoms with van der Waals surface area (Å²) in [4.78, 5) is 5.83. The van der Waals surface area contributed by atoms with Gasteiger partial charge in [-0.1, -0.05) is 156 Å². The molecule has 0 bridgehead atoms. The number of hydrogen-bond donors (Lipinski definition) is 0. The Balaban J connectivity index is 1.27. The van der Waals surface area contributed by atoms with Gasteiger partial charge in [-0.15, -0.1) is 0 Å². The fourth-order valence-electron chi connectivity index (χ4n) is 9.51. The van der Waals surface area contributed by atoms with Crippen molar-refractivity contribution >= 4 is 11.3 Å². The summed E-state index contributed by atoms with van der Waals surface area (Å²) in [5.74, 6) is 2.40. The summed E-state index contributed by atoms with van der Waals surface area (Å²) in [7, 11) is 0. The minimum Gasteiger partial charge on any atom is -0.280 e. The molecule has 0 aromatic heterocycles. The highest BCUT2D eigenvalue weighted by Gasteiger charge is 2.37. The van der Waals surface area contributed by atoms with Gasteiger partial charge in [0.05, 0.1) is 6.04 Å². The SMILES string of the molecule is CCC1C(C)=CC=C(c2ccc(C3CCC(C)C(c4ccc5c(c4)C(C)(C)c4ccccc4-5)N=C(c4ccccc4)C3CC)cc2)C1C. The van der Waals surface area contributed by atoms with Crippen LogP contribution in [-0.4, -0.2) is 5.71 Å². The van der Waals surface area contributed by atoms with Crippen molar-refractivity contribution in [1.29, 1.82) is 0 Å². The maximum Gasteiger partial charge on any atom is 0.0778 e. The third kappa shape index (κ3) is 5.64. The van der Waals surface area contributed by atoms with Crippen LogP contribution in [0.25, 0.3) is 16.7 Å². The largest absolute Gasteiger partial charge is 0.280 e. The molecule has 4 aromatic rings. The van der Waals surface area contributed by atoms with Crippen LogP contribution in [-0.2, 0) is 5.41 Å². The van der Waals surface area contributed by atoms with Crippen molar-refractivity contribution in [2.75, 3.05) is 0 Å². The molecule has 0 N–H and O–H groups in total. The Kier molecular flexibility index (Phi) is 8.92. The predicted octanol–water partition coefficient (Wildman–Crippen LogP) is 12.8. The third-order valence-electron chi connectivity index (χ3n) is 12.4. The summed E-state index contributed by atoms with van der Waals surface area (Å²) >= 11 is 0. The summed E-state index contributed by atoms with van der Waals surface area (Å²) < 4.78 is 0. The molecular weight excluding hydrogens is 579 g/mol. The van der Waals surface area contributed by atoms with Gasteiger partial charge >= 0.3 is 0 Å². The first-order chi connectivity index (χ1) is 23.2. The highest BCUT2D eigenvalue weighted by molar-refractivity contribution is 6.03. The average Bonchev–Trinajstić information content (AvgIpc) is 3.33. The van der Waals surface area contributed by atoms with Gasteiger partial charge in [-0.2, -0.15) is 0 Å². The molecule has 1 heteroatoms. The van der Waals surface area contributed by atoms with E-state index < -0.39 is 0 Å². The van der Waals surface area contributed by atoms with Crippen molar-refractivity contribution in [3.8, 4) is 11.1 Å². The maximum atomic E-state index is 5.83. The first-order valence-electron chi connectivity index (χ1n) is 18.6. The second kappa shape index (κ2) is 13.1. The zero-order valence-corrected chi connectivity index (χ0v) is 30.1. The van der Waals surface area contributed by atoms with Crippen molar-refractivity contribution < 1.29 is 0 Å². The number of allylic oxidation sites excluding steroid dienone is 4. The zero-order chi connectivity index (χ0) is 33.6. The molecule has 0 fully saturated rings. The molecule has 4 aromatic carbocycles. The van der Waals surface area contributed by atoms with Crippen molar-refractivity contribution in [2.24, 2.45) is 28.7 Å². The van der Waals surface area contributed by atoms with E-state index in [0.717, 1.165) is 12.8 Å². The molecule has 0 spiro atoms. The summed E-state index contributed by atoms with van der Waals surface area (Å²) in [5, 5.41) is 0. The molecule has 0 radical (unpaired) electrons. The van der Waals surface area contributed by atoms with Gasteiger partial charge in [0.15, 0.2) is 0 Å². The Labute approximate surface area is 289 Å². The normalized spacial score (nSPS) is 26.4. The van der Waals surface area contributed by atoms with E-state index in [9.17, 15) is 0 Å². The van der Waals surface area contributed by atoms with Crippen LogP contribution in [0, 0.1) is 23.7 Å². The van der Waals surface area contributed by atoms with Gasteiger partial charge < -0.3 is 0 Å². The number of fused-ring (bicyclic) bond motifs is 3. The van der Waals surface area contributed by atoms with Crippen LogP contribution < -0.4 is 0 Å². The minimum absolute atomic E-state index is 0.0139. The van der Waals surface area contributed by atoms with Crippen LogP contribution in [0.5, 0.6) is 0 Å². The second-order valence-corrected chi connectivity index (χ2v) is 15.4. The maximum absolute atomic E-state index is 5.83. The molecule has 246 valence electrons. The van der Waals surface area contributed by atoms with Gasteiger partial charge in [0, 0.05) is 17.0 Å². The number of hydrogen-bond acceptors (Lipinski definition) is 1. The van der Waals surface area contributed by atoms with E-state index in [4.69, 9.17) is 4.99 Å². The van der Waals surface area contributed by atoms with E-state index >= 15 is 0 Å². The average molecular weight is 632 g/mol. The van der Waals surface area contributed by atoms with Gasteiger partial charge in [0.25, 0.3) is 0 Å². The second-order valence-electron chi connectivity index (χ2n) is 15.4. The Hall–Kier alpha value is -3.97. The van der Waals surface area contributed by atoms with Crippen LogP contribution in [0.1, 0.15) is 119 Å². The van der Waals surface area contributed by atoms with E-state index in [-0.39, 0.29) is 11.5 Å². The number of aliphatic imine (C=N–C) groups is 1. The molecule has 48 heavy (non-hydrogen) atoms. The van der Waals surface area contributed by atoms with Crippen molar-refractivity contribution in [2.45, 2.75) is 91.5 Å². The molecule has 6 unspecified atom stereocenters. The summed E-state index contributed by atoms with van der Waals surface area (Å²) in [6.45, 7) is 16.6. The molecule has 2 aliphatic carbocycles. The predicted molar refractivity (Wildman–Crippen MR) is 206 cm³/mol. The lowest BCUT2D eigenvalue weighted by Gasteiger charge is -2.35. The molecule has 0 saturated carbocycles. The first kappa shape index (κ1) is 32.6. The van der Waals surface area contributed by atoms with Crippen LogP contribution in [0.15, 0.2) is 120 Å². The Morgan fingerprint density at radius 2 is 1.33 bits per heavy atom. The Morgan fingerprint density at radius 3 is 2.06 bits per heavy atom. The van der Waals surface area contributed by atoms with E-state index in [0.29, 0.717) is 29.6 Å². The standard InChI is InChI=1S/C47H53N/c1-8-37-30(3)19-26-39(32(37)5)33-21-23-34(24-22-33)40-27-20-31(4)45(48-46(38(40)9-2)35-15-11-10-12-16-35)36-25-28-42-41-17-13-14-18-43(41)47(6,7)44(42)29-36/h10-19,21-26,28-29,31-32,37-38,40,45H,8-9,20,27H2,1-7H3. The highest BCUT2D eigenvalue weighted by atomic mass is 14.8. The third-order valence-corrected chi connectivity index (χ3v) is 12.4. The number of benzene rings is 4. The van der Waals surface area contributed by atoms with E-state index in [1.807, 2.05) is 0 Å². The van der Waals surface area contributed by atoms with Crippen LogP contribution >= 0.6 is 0 Å². The monoisotopic (exact) mass is 631 g/mol. The number of nitrogens with zero attached hydrogens (tertiary/aromatic N) is 1. The Morgan fingerprint density at radius 1 is 0.667 bits per heavy atom. The molecule has 0 amide bonds. The molecule has 3 aliphatic rings. The zero-order valence-electron chi connectivity index (χ0n) is 30.1. The summed E-state index contributed by atoms with van der Waals surface area (Å²) in [5.41, 5.74) is 15.4. The van der Waals surface area contributed by atoms with E-state index in [1.165, 1.54) is 74.2 Å². The molecule has 6 atom stereocenters. The van der Waals surface area contributed by atoms with Gasteiger partial charge in [0.1, 0.15) is 0 Å². The molecule has 1 nitrogen and oxygen atoms in total. The van der Waals surface area contributed by atoms with Gasteiger partial charge in [-0.25, -0.2) is 0 Å². The summed E-state index contributed by atoms with van der Waals surface area (Å²) in [6, 6.07) is 37.1. The molecule has 0 saturated heterocycles. The molecule has 7 rings (SSSR count). The topological polar surface area (TPSA) is 12.4 Å². The fourth-order valence-corrected chi connectivity index (χ4v) is 9.51. The van der Waals surface area contributed by atoms with Crippen LogP contribution in [0.4, 0.5) is 0 Å². The quantitative estimate of drug-likeness (QED) is 0.201. The molecule has 1 aliphatic heterocycles. The van der Waals surface area contributed by atoms with Crippen molar-refractivity contribution in [1.82, 2.24) is 0 Å². The lowest BCUT2D eigenvalue weighted by molar-refractivity contribution is 0.362. The van der Waals surface area contributed by atoms with Crippen molar-refractivity contribution in [3.63, 3.8) is 0 Å². The lowest BCUT2D eigenvalue weighted by atomic mass is 9.72. The van der Waals surface area contributed by atoms with Crippen molar-refractivity contribution in [3.05, 3.63) is 148 Å². The minimum atomic E-state index is -0.0139. The van der Waals surface area contributed by atoms with Gasteiger partial charge in [0.2, 0.25) is 0 Å². The van der Waals surface area contributed by atoms with E-state index in [2.05, 4.69) is 158 Å². The smallest absolute Gasteiger partial charge is 0.0778 e. The number of rotatable bonds is 6.